The maximum absolute atomic E-state index is 12.7. The number of benzene rings is 1. The molecule has 2 aromatic rings. The van der Waals surface area contributed by atoms with E-state index < -0.39 is 27.7 Å². The second-order valence-corrected chi connectivity index (χ2v) is 9.82. The van der Waals surface area contributed by atoms with Crippen molar-refractivity contribution in [2.24, 2.45) is 5.73 Å². The van der Waals surface area contributed by atoms with Gasteiger partial charge in [-0.2, -0.15) is 0 Å². The average Bonchev–Trinajstić information content (AvgIpc) is 3.04. The summed E-state index contributed by atoms with van der Waals surface area (Å²) in [6.07, 6.45) is 1.01. The first kappa shape index (κ1) is 21.8. The quantitative estimate of drug-likeness (QED) is 0.714. The summed E-state index contributed by atoms with van der Waals surface area (Å²) in [6, 6.07) is 5.61. The lowest BCUT2D eigenvalue weighted by Crippen LogP contribution is -2.36. The minimum Gasteiger partial charge on any atom is -0.450 e. The first-order valence-electron chi connectivity index (χ1n) is 9.09. The molecule has 0 spiro atoms. The van der Waals surface area contributed by atoms with Crippen LogP contribution in [0, 0.1) is 0 Å². The van der Waals surface area contributed by atoms with E-state index >= 15 is 0 Å². The van der Waals surface area contributed by atoms with Crippen molar-refractivity contribution in [2.45, 2.75) is 24.8 Å². The Morgan fingerprint density at radius 3 is 2.67 bits per heavy atom. The molecule has 0 saturated heterocycles. The van der Waals surface area contributed by atoms with E-state index in [9.17, 15) is 22.8 Å². The first-order chi connectivity index (χ1) is 14.1. The van der Waals surface area contributed by atoms with Gasteiger partial charge in [-0.15, -0.1) is 11.3 Å². The highest BCUT2D eigenvalue weighted by atomic mass is 32.2. The van der Waals surface area contributed by atoms with E-state index in [1.807, 2.05) is 0 Å². The minimum absolute atomic E-state index is 0.0147. The molecule has 0 radical (unpaired) electrons. The fraction of sp³-hybridized carbons (Fsp3) is 0.316. The van der Waals surface area contributed by atoms with Crippen LogP contribution in [-0.2, 0) is 27.5 Å². The van der Waals surface area contributed by atoms with Crippen LogP contribution < -0.4 is 11.1 Å². The van der Waals surface area contributed by atoms with Gasteiger partial charge in [-0.25, -0.2) is 13.2 Å². The molecule has 0 unspecified atom stereocenters. The van der Waals surface area contributed by atoms with Crippen LogP contribution in [0.3, 0.4) is 0 Å². The van der Waals surface area contributed by atoms with Crippen LogP contribution in [0.15, 0.2) is 29.2 Å². The molecular weight excluding hydrogens is 430 g/mol. The second kappa shape index (κ2) is 8.44. The molecule has 1 aromatic carbocycles. The molecule has 1 aliphatic rings. The molecule has 1 aromatic heterocycles. The molecule has 0 bridgehead atoms. The van der Waals surface area contributed by atoms with Crippen molar-refractivity contribution >= 4 is 44.1 Å². The molecule has 3 rings (SSSR count). The number of anilines is 1. The van der Waals surface area contributed by atoms with Crippen molar-refractivity contribution in [1.82, 2.24) is 4.90 Å². The summed E-state index contributed by atoms with van der Waals surface area (Å²) in [5.74, 6) is -1.25. The summed E-state index contributed by atoms with van der Waals surface area (Å²) in [7, 11) is -3.48. The summed E-state index contributed by atoms with van der Waals surface area (Å²) >= 11 is 1.16. The van der Waals surface area contributed by atoms with Crippen molar-refractivity contribution in [3.05, 3.63) is 45.8 Å². The Hall–Kier alpha value is -2.92. The van der Waals surface area contributed by atoms with Crippen molar-refractivity contribution in [3.63, 3.8) is 0 Å². The molecule has 3 N–H and O–H groups in total. The molecular formula is C19H21N3O6S2. The highest BCUT2D eigenvalue weighted by molar-refractivity contribution is 7.90. The number of primary amides is 1. The van der Waals surface area contributed by atoms with E-state index in [1.165, 1.54) is 29.2 Å². The van der Waals surface area contributed by atoms with E-state index in [0.29, 0.717) is 18.5 Å². The number of fused-ring (bicyclic) bond motifs is 1. The lowest BCUT2D eigenvalue weighted by atomic mass is 10.0. The van der Waals surface area contributed by atoms with Gasteiger partial charge in [0.05, 0.1) is 23.6 Å². The van der Waals surface area contributed by atoms with Gasteiger partial charge in [0, 0.05) is 23.2 Å². The Labute approximate surface area is 177 Å². The minimum atomic E-state index is -3.48. The van der Waals surface area contributed by atoms with Crippen molar-refractivity contribution in [1.29, 1.82) is 0 Å². The van der Waals surface area contributed by atoms with Gasteiger partial charge >= 0.3 is 6.09 Å². The molecule has 2 heterocycles. The van der Waals surface area contributed by atoms with Crippen LogP contribution in [0.2, 0.25) is 0 Å². The van der Waals surface area contributed by atoms with Crippen LogP contribution >= 0.6 is 11.3 Å². The number of sulfone groups is 1. The van der Waals surface area contributed by atoms with E-state index in [4.69, 9.17) is 10.5 Å². The van der Waals surface area contributed by atoms with Crippen LogP contribution in [-0.4, -0.2) is 50.6 Å². The van der Waals surface area contributed by atoms with E-state index in [0.717, 1.165) is 22.5 Å². The molecule has 11 heteroatoms. The van der Waals surface area contributed by atoms with Crippen molar-refractivity contribution in [3.8, 4) is 0 Å². The van der Waals surface area contributed by atoms with Gasteiger partial charge in [0.2, 0.25) is 0 Å². The van der Waals surface area contributed by atoms with Gasteiger partial charge in [-0.3, -0.25) is 9.59 Å². The smallest absolute Gasteiger partial charge is 0.410 e. The Bertz CT molecular complexity index is 1120. The number of hydrogen-bond acceptors (Lipinski definition) is 7. The number of amides is 3. The SMILES string of the molecule is CCOC(=O)N1CCc2c(sc(NC(=O)c3cccc(S(C)(=O)=O)c3)c2C(N)=O)C1. The zero-order chi connectivity index (χ0) is 22.1. The topological polar surface area (TPSA) is 136 Å². The Morgan fingerprint density at radius 1 is 1.30 bits per heavy atom. The molecule has 1 aliphatic heterocycles. The normalized spacial score (nSPS) is 13.5. The molecule has 3 amide bonds. The van der Waals surface area contributed by atoms with E-state index in [-0.39, 0.29) is 34.2 Å². The van der Waals surface area contributed by atoms with Gasteiger partial charge in [0.25, 0.3) is 11.8 Å². The number of nitrogens with zero attached hydrogens (tertiary/aromatic N) is 1. The maximum Gasteiger partial charge on any atom is 0.410 e. The van der Waals surface area contributed by atoms with Crippen LogP contribution in [0.4, 0.5) is 9.80 Å². The second-order valence-electron chi connectivity index (χ2n) is 6.70. The Balaban J connectivity index is 1.90. The third kappa shape index (κ3) is 4.46. The zero-order valence-electron chi connectivity index (χ0n) is 16.4. The first-order valence-corrected chi connectivity index (χ1v) is 11.8. The number of ether oxygens (including phenoxy) is 1. The third-order valence-corrected chi connectivity index (χ3v) is 6.82. The Morgan fingerprint density at radius 2 is 2.03 bits per heavy atom. The molecule has 0 aliphatic carbocycles. The fourth-order valence-electron chi connectivity index (χ4n) is 3.17. The highest BCUT2D eigenvalue weighted by Crippen LogP contribution is 2.37. The summed E-state index contributed by atoms with van der Waals surface area (Å²) in [5.41, 5.74) is 6.60. The number of nitrogens with two attached hydrogens (primary N) is 1. The standard InChI is InChI=1S/C19H21N3O6S2/c1-3-28-19(25)22-8-7-13-14(10-22)29-18(15(13)16(20)23)21-17(24)11-5-4-6-12(9-11)30(2,26)27/h4-6,9H,3,7-8,10H2,1-2H3,(H2,20,23)(H,21,24). The summed E-state index contributed by atoms with van der Waals surface area (Å²) in [4.78, 5) is 39.1. The molecule has 9 nitrogen and oxygen atoms in total. The van der Waals surface area contributed by atoms with E-state index in [1.54, 1.807) is 6.92 Å². The maximum atomic E-state index is 12.7. The molecule has 0 saturated carbocycles. The number of carbonyl (C=O) groups is 3. The summed E-state index contributed by atoms with van der Waals surface area (Å²) in [6.45, 7) is 2.59. The molecule has 160 valence electrons. The van der Waals surface area contributed by atoms with Gasteiger partial charge in [0.15, 0.2) is 9.84 Å². The predicted octanol–water partition coefficient (Wildman–Crippen LogP) is 2.02. The number of carbonyl (C=O) groups excluding carboxylic acids is 3. The number of nitrogens with one attached hydrogen (secondary N) is 1. The molecule has 0 fully saturated rings. The summed E-state index contributed by atoms with van der Waals surface area (Å²) in [5, 5.41) is 2.93. The van der Waals surface area contributed by atoms with Gasteiger partial charge < -0.3 is 20.7 Å². The highest BCUT2D eigenvalue weighted by Gasteiger charge is 2.30. The van der Waals surface area contributed by atoms with Crippen molar-refractivity contribution < 1.29 is 27.5 Å². The van der Waals surface area contributed by atoms with Crippen LogP contribution in [0.5, 0.6) is 0 Å². The van der Waals surface area contributed by atoms with Crippen LogP contribution in [0.1, 0.15) is 38.1 Å². The monoisotopic (exact) mass is 451 g/mol. The number of rotatable bonds is 5. The summed E-state index contributed by atoms with van der Waals surface area (Å²) < 4.78 is 28.5. The molecule has 0 atom stereocenters. The fourth-order valence-corrected chi connectivity index (χ4v) is 5.10. The van der Waals surface area contributed by atoms with Gasteiger partial charge in [0.1, 0.15) is 5.00 Å². The molecule has 30 heavy (non-hydrogen) atoms. The van der Waals surface area contributed by atoms with Gasteiger partial charge in [-0.05, 0) is 37.1 Å². The zero-order valence-corrected chi connectivity index (χ0v) is 18.1. The van der Waals surface area contributed by atoms with Crippen LogP contribution in [0.25, 0.3) is 0 Å². The van der Waals surface area contributed by atoms with E-state index in [2.05, 4.69) is 5.32 Å². The largest absolute Gasteiger partial charge is 0.450 e. The van der Waals surface area contributed by atoms with Gasteiger partial charge in [-0.1, -0.05) is 6.07 Å². The number of thiophene rings is 1. The number of hydrogen-bond donors (Lipinski definition) is 2. The third-order valence-electron chi connectivity index (χ3n) is 4.58. The predicted molar refractivity (Wildman–Crippen MR) is 111 cm³/mol. The lowest BCUT2D eigenvalue weighted by Gasteiger charge is -2.26. The Kier molecular flexibility index (Phi) is 6.13. The van der Waals surface area contributed by atoms with Crippen molar-refractivity contribution in [2.75, 3.05) is 24.7 Å². The lowest BCUT2D eigenvalue weighted by molar-refractivity contribution is 0.0997. The average molecular weight is 452 g/mol.